The van der Waals surface area contributed by atoms with Crippen LogP contribution in [0.5, 0.6) is 0 Å². The molecule has 3 N–H and O–H groups in total. The van der Waals surface area contributed by atoms with Gasteiger partial charge in [-0.15, -0.1) is 0 Å². The molecule has 0 saturated carbocycles. The number of hydrogen-bond acceptors (Lipinski definition) is 7. The zero-order valence-electron chi connectivity index (χ0n) is 17.9. The van der Waals surface area contributed by atoms with Crippen molar-refractivity contribution in [3.05, 3.63) is 35.9 Å². The summed E-state index contributed by atoms with van der Waals surface area (Å²) in [6.45, 7) is 2.97. The fourth-order valence-corrected chi connectivity index (χ4v) is 3.13. The summed E-state index contributed by atoms with van der Waals surface area (Å²) in [5, 5.41) is 7.97. The molecule has 9 nitrogen and oxygen atoms in total. The van der Waals surface area contributed by atoms with Gasteiger partial charge in [0, 0.05) is 13.0 Å². The molecule has 0 spiro atoms. The minimum atomic E-state index is -0.891. The van der Waals surface area contributed by atoms with Crippen molar-refractivity contribution in [2.75, 3.05) is 19.7 Å². The Kier molecular flexibility index (Phi) is 10.5. The van der Waals surface area contributed by atoms with E-state index in [0.717, 1.165) is 24.8 Å². The van der Waals surface area contributed by atoms with Gasteiger partial charge in [-0.2, -0.15) is 0 Å². The van der Waals surface area contributed by atoms with Gasteiger partial charge in [-0.1, -0.05) is 43.7 Å². The first kappa shape index (κ1) is 24.3. The largest absolute Gasteiger partial charge is 0.450 e. The predicted molar refractivity (Wildman–Crippen MR) is 113 cm³/mol. The number of benzene rings is 1. The Hall–Kier alpha value is -2.94. The highest BCUT2D eigenvalue weighted by atomic mass is 16.6. The van der Waals surface area contributed by atoms with Crippen LogP contribution in [0.3, 0.4) is 0 Å². The number of hydrogen-bond donors (Lipinski definition) is 3. The summed E-state index contributed by atoms with van der Waals surface area (Å²) in [6, 6.07) is 8.04. The lowest BCUT2D eigenvalue weighted by Crippen LogP contribution is -2.44. The Morgan fingerprint density at radius 2 is 1.94 bits per heavy atom. The summed E-state index contributed by atoms with van der Waals surface area (Å²) in [6.07, 6.45) is 1.85. The lowest BCUT2D eigenvalue weighted by atomic mass is 10.0. The lowest BCUT2D eigenvalue weighted by Gasteiger charge is -2.18. The van der Waals surface area contributed by atoms with Crippen molar-refractivity contribution in [1.82, 2.24) is 16.0 Å². The minimum Gasteiger partial charge on any atom is -0.450 e. The normalized spacial score (nSPS) is 16.2. The average molecular weight is 434 g/mol. The quantitative estimate of drug-likeness (QED) is 0.277. The van der Waals surface area contributed by atoms with Gasteiger partial charge in [-0.25, -0.2) is 14.4 Å². The molecule has 1 fully saturated rings. The first-order chi connectivity index (χ1) is 15.0. The molecular weight excluding hydrogens is 402 g/mol. The van der Waals surface area contributed by atoms with E-state index in [1.165, 1.54) is 0 Å². The second-order valence-corrected chi connectivity index (χ2v) is 7.38. The van der Waals surface area contributed by atoms with Crippen LogP contribution in [0.2, 0.25) is 0 Å². The number of unbranched alkanes of at least 4 members (excludes halogenated alkanes) is 1. The zero-order valence-corrected chi connectivity index (χ0v) is 17.9. The molecule has 31 heavy (non-hydrogen) atoms. The molecule has 2 atom stereocenters. The van der Waals surface area contributed by atoms with Gasteiger partial charge in [0.1, 0.15) is 6.04 Å². The second-order valence-electron chi connectivity index (χ2n) is 7.38. The molecule has 170 valence electrons. The van der Waals surface area contributed by atoms with Gasteiger partial charge in [0.15, 0.2) is 5.78 Å². The SMILES string of the molecule is CCCCOC(=O)NC(Cc1ccccc1)C(=O)CCNC(=O)OC(=O)[C@@H]1CCCN1. The van der Waals surface area contributed by atoms with Crippen LogP contribution in [-0.4, -0.2) is 55.7 Å². The van der Waals surface area contributed by atoms with Crippen LogP contribution in [0, 0.1) is 0 Å². The maximum Gasteiger partial charge on any atom is 0.414 e. The van der Waals surface area contributed by atoms with Gasteiger partial charge < -0.3 is 25.4 Å². The van der Waals surface area contributed by atoms with Crippen LogP contribution in [-0.2, 0) is 25.5 Å². The molecule has 0 aliphatic carbocycles. The third kappa shape index (κ3) is 9.17. The van der Waals surface area contributed by atoms with Crippen molar-refractivity contribution >= 4 is 23.9 Å². The minimum absolute atomic E-state index is 0.0130. The van der Waals surface area contributed by atoms with Crippen molar-refractivity contribution in [1.29, 1.82) is 0 Å². The number of amides is 2. The second kappa shape index (κ2) is 13.4. The van der Waals surface area contributed by atoms with E-state index >= 15 is 0 Å². The number of carbonyl (C=O) groups excluding carboxylic acids is 4. The molecule has 2 amide bonds. The van der Waals surface area contributed by atoms with Crippen LogP contribution in [0.25, 0.3) is 0 Å². The Morgan fingerprint density at radius 1 is 1.16 bits per heavy atom. The van der Waals surface area contributed by atoms with E-state index in [2.05, 4.69) is 16.0 Å². The third-order valence-corrected chi connectivity index (χ3v) is 4.87. The Bertz CT molecular complexity index is 734. The fourth-order valence-electron chi connectivity index (χ4n) is 3.13. The van der Waals surface area contributed by atoms with Crippen LogP contribution in [0.1, 0.15) is 44.6 Å². The predicted octanol–water partition coefficient (Wildman–Crippen LogP) is 2.09. The van der Waals surface area contributed by atoms with E-state index in [1.54, 1.807) is 0 Å². The zero-order chi connectivity index (χ0) is 22.5. The van der Waals surface area contributed by atoms with Crippen molar-refractivity contribution in [3.63, 3.8) is 0 Å². The van der Waals surface area contributed by atoms with E-state index in [9.17, 15) is 19.2 Å². The summed E-state index contributed by atoms with van der Waals surface area (Å²) in [5.41, 5.74) is 0.886. The van der Waals surface area contributed by atoms with Gasteiger partial charge >= 0.3 is 18.2 Å². The highest BCUT2D eigenvalue weighted by Crippen LogP contribution is 2.08. The van der Waals surface area contributed by atoms with Gasteiger partial charge in [0.2, 0.25) is 0 Å². The monoisotopic (exact) mass is 433 g/mol. The van der Waals surface area contributed by atoms with E-state index in [-0.39, 0.29) is 25.4 Å². The molecule has 9 heteroatoms. The number of nitrogens with one attached hydrogen (secondary N) is 3. The summed E-state index contributed by atoms with van der Waals surface area (Å²) in [7, 11) is 0. The first-order valence-electron chi connectivity index (χ1n) is 10.7. The molecule has 0 aromatic heterocycles. The fraction of sp³-hybridized carbons (Fsp3) is 0.545. The van der Waals surface area contributed by atoms with Crippen LogP contribution >= 0.6 is 0 Å². The maximum absolute atomic E-state index is 12.7. The highest BCUT2D eigenvalue weighted by Gasteiger charge is 2.26. The number of Topliss-reactive ketones (excluding diaryl/α,β-unsaturated/α-hetero) is 1. The number of alkyl carbamates (subject to hydrolysis) is 2. The molecule has 0 radical (unpaired) electrons. The molecule has 1 aromatic rings. The number of rotatable bonds is 11. The molecule has 2 rings (SSSR count). The summed E-state index contributed by atoms with van der Waals surface area (Å²) in [5.74, 6) is -0.889. The number of esters is 1. The molecule has 1 aliphatic heterocycles. The molecular formula is C22H31N3O6. The van der Waals surface area contributed by atoms with Crippen LogP contribution in [0.4, 0.5) is 9.59 Å². The van der Waals surface area contributed by atoms with Crippen LogP contribution < -0.4 is 16.0 Å². The average Bonchev–Trinajstić information content (AvgIpc) is 3.29. The molecule has 1 heterocycles. The topological polar surface area (TPSA) is 123 Å². The first-order valence-corrected chi connectivity index (χ1v) is 10.7. The van der Waals surface area contributed by atoms with Gasteiger partial charge in [-0.05, 0) is 37.8 Å². The third-order valence-electron chi connectivity index (χ3n) is 4.87. The standard InChI is InChI=1S/C22H31N3O6/c1-2-3-14-30-22(29)25-18(15-16-8-5-4-6-9-16)19(26)11-13-24-21(28)31-20(27)17-10-7-12-23-17/h4-6,8-9,17-18,23H,2-3,7,10-15H2,1H3,(H,24,28)(H,25,29)/t17-,18?/m0/s1. The molecule has 0 bridgehead atoms. The smallest absolute Gasteiger partial charge is 0.414 e. The Labute approximate surface area is 182 Å². The summed E-state index contributed by atoms with van der Waals surface area (Å²) in [4.78, 5) is 48.3. The Morgan fingerprint density at radius 3 is 2.61 bits per heavy atom. The molecule has 1 unspecified atom stereocenters. The van der Waals surface area contributed by atoms with Crippen molar-refractivity contribution in [2.24, 2.45) is 0 Å². The van der Waals surface area contributed by atoms with Crippen LogP contribution in [0.15, 0.2) is 30.3 Å². The van der Waals surface area contributed by atoms with Crippen molar-refractivity contribution in [3.8, 4) is 0 Å². The van der Waals surface area contributed by atoms with Crippen molar-refractivity contribution < 1.29 is 28.7 Å². The highest BCUT2D eigenvalue weighted by molar-refractivity contribution is 5.89. The maximum atomic E-state index is 12.7. The summed E-state index contributed by atoms with van der Waals surface area (Å²) < 4.78 is 9.84. The van der Waals surface area contributed by atoms with E-state index in [0.29, 0.717) is 19.4 Å². The molecule has 1 saturated heterocycles. The van der Waals surface area contributed by atoms with E-state index < -0.39 is 30.2 Å². The van der Waals surface area contributed by atoms with E-state index in [1.807, 2.05) is 37.3 Å². The lowest BCUT2D eigenvalue weighted by molar-refractivity contribution is -0.139. The summed E-state index contributed by atoms with van der Waals surface area (Å²) >= 11 is 0. The number of ether oxygens (including phenoxy) is 2. The molecule has 1 aliphatic rings. The van der Waals surface area contributed by atoms with Gasteiger partial charge in [0.05, 0.1) is 12.6 Å². The van der Waals surface area contributed by atoms with Gasteiger partial charge in [-0.3, -0.25) is 4.79 Å². The van der Waals surface area contributed by atoms with Crippen molar-refractivity contribution in [2.45, 2.75) is 57.5 Å². The number of carbonyl (C=O) groups is 4. The number of ketones is 1. The van der Waals surface area contributed by atoms with E-state index in [4.69, 9.17) is 9.47 Å². The Balaban J connectivity index is 1.82. The molecule has 1 aromatic carbocycles. The van der Waals surface area contributed by atoms with Gasteiger partial charge in [0.25, 0.3) is 0 Å².